The quantitative estimate of drug-likeness (QED) is 0.686. The summed E-state index contributed by atoms with van der Waals surface area (Å²) >= 11 is 0. The lowest BCUT2D eigenvalue weighted by molar-refractivity contribution is 0.418. The Kier molecular flexibility index (Phi) is 6.93. The molecular weight excluding hydrogens is 260 g/mol. The normalized spacial score (nSPS) is 11.8. The van der Waals surface area contributed by atoms with Crippen LogP contribution in [0.2, 0.25) is 0 Å². The van der Waals surface area contributed by atoms with Gasteiger partial charge in [-0.2, -0.15) is 0 Å². The second kappa shape index (κ2) is 8.20. The van der Waals surface area contributed by atoms with Crippen LogP contribution in [0.3, 0.4) is 0 Å². The summed E-state index contributed by atoms with van der Waals surface area (Å²) in [6.07, 6.45) is 6.04. The number of anilines is 2. The van der Waals surface area contributed by atoms with Crippen LogP contribution >= 0.6 is 0 Å². The van der Waals surface area contributed by atoms with Gasteiger partial charge >= 0.3 is 0 Å². The fourth-order valence-electron chi connectivity index (χ4n) is 2.69. The molecule has 1 aromatic heterocycles. The number of nitrogens with one attached hydrogen (secondary N) is 2. The first-order valence-corrected chi connectivity index (χ1v) is 8.40. The van der Waals surface area contributed by atoms with Crippen molar-refractivity contribution in [1.82, 2.24) is 9.97 Å². The van der Waals surface area contributed by atoms with Crippen molar-refractivity contribution in [2.75, 3.05) is 17.2 Å². The minimum atomic E-state index is 0.125. The predicted molar refractivity (Wildman–Crippen MR) is 92.1 cm³/mol. The molecule has 0 amide bonds. The molecule has 120 valence electrons. The molecule has 21 heavy (non-hydrogen) atoms. The molecule has 0 spiro atoms. The maximum Gasteiger partial charge on any atom is 0.135 e. The van der Waals surface area contributed by atoms with E-state index in [1.165, 1.54) is 5.56 Å². The van der Waals surface area contributed by atoms with Gasteiger partial charge in [0, 0.05) is 17.6 Å². The third kappa shape index (κ3) is 4.32. The molecule has 0 aliphatic rings. The number of nitrogens with zero attached hydrogens (tertiary/aromatic N) is 2. The van der Waals surface area contributed by atoms with Crippen molar-refractivity contribution >= 4 is 11.6 Å². The fourth-order valence-corrected chi connectivity index (χ4v) is 2.69. The Hall–Kier alpha value is -1.32. The molecule has 2 N–H and O–H groups in total. The Morgan fingerprint density at radius 2 is 1.57 bits per heavy atom. The fraction of sp³-hybridized carbons (Fsp3) is 0.765. The highest BCUT2D eigenvalue weighted by atomic mass is 15.1. The van der Waals surface area contributed by atoms with E-state index in [1.54, 1.807) is 6.33 Å². The molecule has 0 aliphatic heterocycles. The van der Waals surface area contributed by atoms with Gasteiger partial charge in [-0.1, -0.05) is 41.5 Å². The van der Waals surface area contributed by atoms with Gasteiger partial charge in [0.2, 0.25) is 0 Å². The highest BCUT2D eigenvalue weighted by Crippen LogP contribution is 2.32. The lowest BCUT2D eigenvalue weighted by Gasteiger charge is -2.34. The molecule has 0 fully saturated rings. The topological polar surface area (TPSA) is 49.8 Å². The maximum atomic E-state index is 4.54. The molecule has 4 heteroatoms. The van der Waals surface area contributed by atoms with Crippen LogP contribution in [0, 0.1) is 0 Å². The predicted octanol–water partition coefficient (Wildman–Crippen LogP) is 4.80. The molecule has 0 unspecified atom stereocenters. The summed E-state index contributed by atoms with van der Waals surface area (Å²) in [4.78, 5) is 8.98. The molecule has 0 aliphatic carbocycles. The Bertz CT molecular complexity index is 417. The monoisotopic (exact) mass is 292 g/mol. The standard InChI is InChI=1S/C17H32N4/c1-7-11-18-15-14(13(5)6)16(20-12-19-15)21-17(8-2,9-3)10-4/h12-13H,7-11H2,1-6H3,(H2,18,19,20,21). The highest BCUT2D eigenvalue weighted by Gasteiger charge is 2.26. The van der Waals surface area contributed by atoms with E-state index in [4.69, 9.17) is 0 Å². The van der Waals surface area contributed by atoms with E-state index in [-0.39, 0.29) is 5.54 Å². The van der Waals surface area contributed by atoms with Gasteiger partial charge in [-0.05, 0) is 31.6 Å². The summed E-state index contributed by atoms with van der Waals surface area (Å²) in [7, 11) is 0. The molecule has 0 saturated heterocycles. The lowest BCUT2D eigenvalue weighted by Crippen LogP contribution is -2.37. The van der Waals surface area contributed by atoms with E-state index < -0.39 is 0 Å². The van der Waals surface area contributed by atoms with Crippen molar-refractivity contribution in [3.05, 3.63) is 11.9 Å². The first-order chi connectivity index (χ1) is 10.0. The van der Waals surface area contributed by atoms with E-state index in [1.807, 2.05) is 0 Å². The number of hydrogen-bond donors (Lipinski definition) is 2. The van der Waals surface area contributed by atoms with Gasteiger partial charge < -0.3 is 10.6 Å². The Balaban J connectivity index is 3.16. The van der Waals surface area contributed by atoms with Crippen molar-refractivity contribution in [3.8, 4) is 0 Å². The zero-order valence-electron chi connectivity index (χ0n) is 14.6. The third-order valence-electron chi connectivity index (χ3n) is 4.42. The highest BCUT2D eigenvalue weighted by molar-refractivity contribution is 5.60. The van der Waals surface area contributed by atoms with E-state index >= 15 is 0 Å². The van der Waals surface area contributed by atoms with Crippen molar-refractivity contribution in [2.45, 2.75) is 78.7 Å². The van der Waals surface area contributed by atoms with Crippen LogP contribution in [0.15, 0.2) is 6.33 Å². The van der Waals surface area contributed by atoms with Gasteiger partial charge in [0.25, 0.3) is 0 Å². The SMILES string of the molecule is CCCNc1ncnc(NC(CC)(CC)CC)c1C(C)C. The van der Waals surface area contributed by atoms with Gasteiger partial charge in [0.05, 0.1) is 0 Å². The van der Waals surface area contributed by atoms with Crippen LogP contribution in [0.5, 0.6) is 0 Å². The van der Waals surface area contributed by atoms with Crippen LogP contribution in [0.4, 0.5) is 11.6 Å². The maximum absolute atomic E-state index is 4.54. The van der Waals surface area contributed by atoms with Gasteiger partial charge in [0.15, 0.2) is 0 Å². The molecule has 0 bridgehead atoms. The summed E-state index contributed by atoms with van der Waals surface area (Å²) in [5, 5.41) is 7.15. The summed E-state index contributed by atoms with van der Waals surface area (Å²) in [5.41, 5.74) is 1.32. The third-order valence-corrected chi connectivity index (χ3v) is 4.42. The van der Waals surface area contributed by atoms with Crippen molar-refractivity contribution in [3.63, 3.8) is 0 Å². The number of aromatic nitrogens is 2. The van der Waals surface area contributed by atoms with E-state index in [0.717, 1.165) is 43.9 Å². The molecule has 1 aromatic rings. The van der Waals surface area contributed by atoms with Crippen LogP contribution in [-0.2, 0) is 0 Å². The molecule has 1 rings (SSSR count). The van der Waals surface area contributed by atoms with Gasteiger partial charge in [-0.25, -0.2) is 9.97 Å². The summed E-state index contributed by atoms with van der Waals surface area (Å²) in [6, 6.07) is 0. The summed E-state index contributed by atoms with van der Waals surface area (Å²) in [6.45, 7) is 14.2. The second-order valence-electron chi connectivity index (χ2n) is 6.03. The van der Waals surface area contributed by atoms with E-state index in [2.05, 4.69) is 62.1 Å². The minimum absolute atomic E-state index is 0.125. The molecular formula is C17H32N4. The first kappa shape index (κ1) is 17.7. The van der Waals surface area contributed by atoms with Crippen LogP contribution in [0.25, 0.3) is 0 Å². The molecule has 1 heterocycles. The average Bonchev–Trinajstić information content (AvgIpc) is 2.50. The van der Waals surface area contributed by atoms with Gasteiger partial charge in [0.1, 0.15) is 18.0 Å². The molecule has 0 saturated carbocycles. The van der Waals surface area contributed by atoms with E-state index in [0.29, 0.717) is 5.92 Å². The van der Waals surface area contributed by atoms with Gasteiger partial charge in [-0.3, -0.25) is 0 Å². The number of rotatable bonds is 9. The molecule has 0 atom stereocenters. The average molecular weight is 292 g/mol. The molecule has 4 nitrogen and oxygen atoms in total. The minimum Gasteiger partial charge on any atom is -0.370 e. The van der Waals surface area contributed by atoms with Gasteiger partial charge in [-0.15, -0.1) is 0 Å². The largest absolute Gasteiger partial charge is 0.370 e. The zero-order chi connectivity index (χ0) is 15.9. The van der Waals surface area contributed by atoms with Crippen LogP contribution in [0.1, 0.15) is 78.7 Å². The summed E-state index contributed by atoms with van der Waals surface area (Å²) < 4.78 is 0. The second-order valence-corrected chi connectivity index (χ2v) is 6.03. The first-order valence-electron chi connectivity index (χ1n) is 8.40. The number of hydrogen-bond acceptors (Lipinski definition) is 4. The van der Waals surface area contributed by atoms with Crippen LogP contribution < -0.4 is 10.6 Å². The van der Waals surface area contributed by atoms with Crippen molar-refractivity contribution in [2.24, 2.45) is 0 Å². The Morgan fingerprint density at radius 1 is 1.00 bits per heavy atom. The van der Waals surface area contributed by atoms with Crippen LogP contribution in [-0.4, -0.2) is 22.1 Å². The zero-order valence-corrected chi connectivity index (χ0v) is 14.6. The Labute approximate surface area is 130 Å². The van der Waals surface area contributed by atoms with E-state index in [9.17, 15) is 0 Å². The molecule has 0 aromatic carbocycles. The summed E-state index contributed by atoms with van der Waals surface area (Å²) in [5.74, 6) is 2.35. The van der Waals surface area contributed by atoms with Crippen molar-refractivity contribution in [1.29, 1.82) is 0 Å². The lowest BCUT2D eigenvalue weighted by atomic mass is 9.89. The smallest absolute Gasteiger partial charge is 0.135 e. The van der Waals surface area contributed by atoms with Crippen molar-refractivity contribution < 1.29 is 0 Å². The Morgan fingerprint density at radius 3 is 2.05 bits per heavy atom. The molecule has 0 radical (unpaired) electrons.